The van der Waals surface area contributed by atoms with Gasteiger partial charge in [0, 0.05) is 26.2 Å². The van der Waals surface area contributed by atoms with E-state index < -0.39 is 0 Å². The van der Waals surface area contributed by atoms with Crippen LogP contribution in [0.3, 0.4) is 0 Å². The van der Waals surface area contributed by atoms with Crippen molar-refractivity contribution in [2.24, 2.45) is 0 Å². The van der Waals surface area contributed by atoms with Gasteiger partial charge in [0.2, 0.25) is 11.8 Å². The van der Waals surface area contributed by atoms with E-state index in [9.17, 15) is 9.59 Å². The predicted molar refractivity (Wildman–Crippen MR) is 110 cm³/mol. The van der Waals surface area contributed by atoms with Crippen LogP contribution in [0.4, 0.5) is 0 Å². The largest absolute Gasteiger partial charge is 0.496 e. The maximum Gasteiger partial charge on any atom is 0.239 e. The monoisotopic (exact) mass is 415 g/mol. The minimum Gasteiger partial charge on any atom is -0.496 e. The molecule has 162 valence electrons. The molecule has 1 atom stereocenters. The van der Waals surface area contributed by atoms with Crippen molar-refractivity contribution in [1.29, 1.82) is 0 Å². The highest BCUT2D eigenvalue weighted by atomic mass is 16.6. The Bertz CT molecular complexity index is 897. The molecule has 3 rings (SSSR count). The molecule has 1 saturated heterocycles. The van der Waals surface area contributed by atoms with Crippen LogP contribution in [0.2, 0.25) is 0 Å². The number of hydrogen-bond donors (Lipinski definition) is 1. The number of ether oxygens (including phenoxy) is 1. The van der Waals surface area contributed by atoms with Crippen molar-refractivity contribution < 1.29 is 19.0 Å². The highest BCUT2D eigenvalue weighted by Gasteiger charge is 2.32. The molecule has 0 spiro atoms. The fourth-order valence-corrected chi connectivity index (χ4v) is 3.59. The van der Waals surface area contributed by atoms with Crippen molar-refractivity contribution in [3.05, 3.63) is 40.7 Å². The SMILES string of the molecule is COc1ccc(CCNC(=O)C2CN(C(=O)Cc3nonc3C)CCN2C)cc1C. The number of carbonyl (C=O) groups is 2. The number of piperazine rings is 1. The summed E-state index contributed by atoms with van der Waals surface area (Å²) in [5, 5.41) is 10.5. The average molecular weight is 415 g/mol. The van der Waals surface area contributed by atoms with Crippen LogP contribution >= 0.6 is 0 Å². The lowest BCUT2D eigenvalue weighted by molar-refractivity contribution is -0.137. The molecule has 0 bridgehead atoms. The summed E-state index contributed by atoms with van der Waals surface area (Å²) in [5.41, 5.74) is 3.36. The first kappa shape index (κ1) is 21.8. The summed E-state index contributed by atoms with van der Waals surface area (Å²) >= 11 is 0. The summed E-state index contributed by atoms with van der Waals surface area (Å²) in [6.45, 7) is 5.86. The molecule has 9 heteroatoms. The molecular weight excluding hydrogens is 386 g/mol. The summed E-state index contributed by atoms with van der Waals surface area (Å²) < 4.78 is 9.94. The maximum absolute atomic E-state index is 12.8. The normalized spacial score (nSPS) is 17.1. The first-order valence-electron chi connectivity index (χ1n) is 10.1. The third-order valence-corrected chi connectivity index (χ3v) is 5.54. The van der Waals surface area contributed by atoms with E-state index in [1.165, 1.54) is 0 Å². The Morgan fingerprint density at radius 2 is 2.07 bits per heavy atom. The third kappa shape index (κ3) is 5.15. The molecule has 0 radical (unpaired) electrons. The smallest absolute Gasteiger partial charge is 0.239 e. The third-order valence-electron chi connectivity index (χ3n) is 5.54. The quantitative estimate of drug-likeness (QED) is 0.712. The van der Waals surface area contributed by atoms with E-state index in [0.29, 0.717) is 37.6 Å². The van der Waals surface area contributed by atoms with Gasteiger partial charge in [0.25, 0.3) is 0 Å². The summed E-state index contributed by atoms with van der Waals surface area (Å²) in [4.78, 5) is 29.1. The van der Waals surface area contributed by atoms with Crippen molar-refractivity contribution in [2.45, 2.75) is 32.7 Å². The molecule has 2 amide bonds. The van der Waals surface area contributed by atoms with E-state index in [1.54, 1.807) is 18.9 Å². The van der Waals surface area contributed by atoms with Crippen LogP contribution in [0.1, 0.15) is 22.5 Å². The van der Waals surface area contributed by atoms with Crippen LogP contribution in [-0.2, 0) is 22.4 Å². The summed E-state index contributed by atoms with van der Waals surface area (Å²) in [7, 11) is 3.56. The number of hydrogen-bond acceptors (Lipinski definition) is 7. The summed E-state index contributed by atoms with van der Waals surface area (Å²) in [6.07, 6.45) is 0.859. The minimum atomic E-state index is -0.378. The minimum absolute atomic E-state index is 0.0699. The van der Waals surface area contributed by atoms with Gasteiger partial charge in [-0.15, -0.1) is 0 Å². The molecule has 1 aromatic carbocycles. The second-order valence-electron chi connectivity index (χ2n) is 7.65. The Labute approximate surface area is 176 Å². The highest BCUT2D eigenvalue weighted by Crippen LogP contribution is 2.18. The number of likely N-dealkylation sites (N-methyl/N-ethyl adjacent to an activating group) is 1. The predicted octanol–water partition coefficient (Wildman–Crippen LogP) is 0.739. The van der Waals surface area contributed by atoms with Gasteiger partial charge >= 0.3 is 0 Å². The molecular formula is C21H29N5O4. The number of benzene rings is 1. The number of aromatic nitrogens is 2. The molecule has 2 aromatic rings. The Balaban J connectivity index is 1.52. The number of rotatable bonds is 7. The molecule has 2 heterocycles. The van der Waals surface area contributed by atoms with Gasteiger partial charge in [-0.25, -0.2) is 4.63 Å². The number of amides is 2. The Hall–Kier alpha value is -2.94. The summed E-state index contributed by atoms with van der Waals surface area (Å²) in [6, 6.07) is 5.64. The van der Waals surface area contributed by atoms with Crippen molar-refractivity contribution in [3.8, 4) is 5.75 Å². The number of methoxy groups -OCH3 is 1. The van der Waals surface area contributed by atoms with E-state index in [1.807, 2.05) is 31.0 Å². The van der Waals surface area contributed by atoms with Crippen LogP contribution in [0.25, 0.3) is 0 Å². The van der Waals surface area contributed by atoms with E-state index in [0.717, 1.165) is 23.3 Å². The van der Waals surface area contributed by atoms with E-state index >= 15 is 0 Å². The number of nitrogens with zero attached hydrogens (tertiary/aromatic N) is 4. The molecule has 1 fully saturated rings. The van der Waals surface area contributed by atoms with Crippen molar-refractivity contribution in [2.75, 3.05) is 40.3 Å². The van der Waals surface area contributed by atoms with Gasteiger partial charge in [-0.2, -0.15) is 0 Å². The van der Waals surface area contributed by atoms with Crippen molar-refractivity contribution in [1.82, 2.24) is 25.4 Å². The molecule has 1 aromatic heterocycles. The van der Waals surface area contributed by atoms with Crippen LogP contribution in [0.5, 0.6) is 5.75 Å². The zero-order valence-corrected chi connectivity index (χ0v) is 18.0. The molecule has 1 aliphatic heterocycles. The first-order chi connectivity index (χ1) is 14.4. The Kier molecular flexibility index (Phi) is 7.04. The van der Waals surface area contributed by atoms with Gasteiger partial charge < -0.3 is 15.0 Å². The average Bonchev–Trinajstić information content (AvgIpc) is 3.12. The van der Waals surface area contributed by atoms with Gasteiger partial charge in [0.1, 0.15) is 23.2 Å². The van der Waals surface area contributed by atoms with Gasteiger partial charge in [-0.1, -0.05) is 22.4 Å². The lowest BCUT2D eigenvalue weighted by atomic mass is 10.1. The van der Waals surface area contributed by atoms with Gasteiger partial charge in [-0.3, -0.25) is 14.5 Å². The Morgan fingerprint density at radius 3 is 2.73 bits per heavy atom. The molecule has 1 N–H and O–H groups in total. The zero-order chi connectivity index (χ0) is 21.7. The standard InChI is InChI=1S/C21H29N5O4/c1-14-11-16(5-6-19(14)29-4)7-8-22-21(28)18-13-26(10-9-25(18)3)20(27)12-17-15(2)23-30-24-17/h5-6,11,18H,7-10,12-13H2,1-4H3,(H,22,28). The van der Waals surface area contributed by atoms with E-state index in [4.69, 9.17) is 4.74 Å². The zero-order valence-electron chi connectivity index (χ0n) is 18.0. The van der Waals surface area contributed by atoms with Crippen LogP contribution in [0, 0.1) is 13.8 Å². The second-order valence-corrected chi connectivity index (χ2v) is 7.65. The topological polar surface area (TPSA) is 101 Å². The van der Waals surface area contributed by atoms with Gasteiger partial charge in [0.15, 0.2) is 0 Å². The molecule has 0 aliphatic carbocycles. The second kappa shape index (κ2) is 9.71. The van der Waals surface area contributed by atoms with Crippen molar-refractivity contribution in [3.63, 3.8) is 0 Å². The van der Waals surface area contributed by atoms with Crippen molar-refractivity contribution >= 4 is 11.8 Å². The van der Waals surface area contributed by atoms with Crippen LogP contribution < -0.4 is 10.1 Å². The fourth-order valence-electron chi connectivity index (χ4n) is 3.59. The lowest BCUT2D eigenvalue weighted by Crippen LogP contribution is -2.59. The number of nitrogens with one attached hydrogen (secondary N) is 1. The molecule has 9 nitrogen and oxygen atoms in total. The van der Waals surface area contributed by atoms with Gasteiger partial charge in [0.05, 0.1) is 13.5 Å². The summed E-state index contributed by atoms with van der Waals surface area (Å²) in [5.74, 6) is 0.709. The van der Waals surface area contributed by atoms with Crippen LogP contribution in [0.15, 0.2) is 22.8 Å². The van der Waals surface area contributed by atoms with E-state index in [2.05, 4.69) is 26.3 Å². The van der Waals surface area contributed by atoms with E-state index in [-0.39, 0.29) is 24.3 Å². The molecule has 1 unspecified atom stereocenters. The fraction of sp³-hybridized carbons (Fsp3) is 0.524. The van der Waals surface area contributed by atoms with Gasteiger partial charge in [-0.05, 0) is 44.5 Å². The highest BCUT2D eigenvalue weighted by molar-refractivity contribution is 5.84. The molecule has 1 aliphatic rings. The Morgan fingerprint density at radius 1 is 1.27 bits per heavy atom. The molecule has 30 heavy (non-hydrogen) atoms. The number of carbonyl (C=O) groups excluding carboxylic acids is 2. The van der Waals surface area contributed by atoms with Crippen LogP contribution in [-0.4, -0.2) is 78.3 Å². The maximum atomic E-state index is 12.8. The first-order valence-corrected chi connectivity index (χ1v) is 10.1. The lowest BCUT2D eigenvalue weighted by Gasteiger charge is -2.38. The number of aryl methyl sites for hydroxylation is 2. The molecule has 0 saturated carbocycles.